The molecule has 0 aliphatic carbocycles. The van der Waals surface area contributed by atoms with Crippen molar-refractivity contribution >= 4 is 12.0 Å². The summed E-state index contributed by atoms with van der Waals surface area (Å²) in [6, 6.07) is 8.69. The van der Waals surface area contributed by atoms with Gasteiger partial charge in [-0.25, -0.2) is 4.79 Å². The zero-order valence-corrected chi connectivity index (χ0v) is 14.3. The first-order chi connectivity index (χ1) is 11.2. The Bertz CT molecular complexity index is 547. The maximum atomic E-state index is 12.0. The van der Waals surface area contributed by atoms with E-state index in [4.69, 9.17) is 0 Å². The lowest BCUT2D eigenvalue weighted by Gasteiger charge is -2.30. The summed E-state index contributed by atoms with van der Waals surface area (Å²) in [5, 5.41) is 31.0. The molecule has 2 amide bonds. The highest BCUT2D eigenvalue weighted by molar-refractivity contribution is 5.81. The lowest BCUT2D eigenvalue weighted by molar-refractivity contribution is -0.137. The summed E-state index contributed by atoms with van der Waals surface area (Å²) in [7, 11) is 0. The Balaban J connectivity index is 2.64. The third-order valence-electron chi connectivity index (χ3n) is 3.94. The number of hydrogen-bond acceptors (Lipinski definition) is 4. The van der Waals surface area contributed by atoms with Gasteiger partial charge >= 0.3 is 6.09 Å². The summed E-state index contributed by atoms with van der Waals surface area (Å²) in [6.45, 7) is 4.75. The highest BCUT2D eigenvalue weighted by atomic mass is 16.4. The molecular weight excluding hydrogens is 312 g/mol. The molecular formula is C17H26N2O5. The van der Waals surface area contributed by atoms with Crippen molar-refractivity contribution < 1.29 is 24.9 Å². The molecule has 0 bridgehead atoms. The van der Waals surface area contributed by atoms with Gasteiger partial charge in [-0.1, -0.05) is 44.2 Å². The maximum Gasteiger partial charge on any atom is 0.407 e. The third-order valence-corrected chi connectivity index (χ3v) is 3.94. The van der Waals surface area contributed by atoms with Gasteiger partial charge < -0.3 is 20.6 Å². The second-order valence-corrected chi connectivity index (χ2v) is 6.54. The molecule has 0 aliphatic rings. The zero-order valence-electron chi connectivity index (χ0n) is 14.3. The topological polar surface area (TPSA) is 110 Å². The van der Waals surface area contributed by atoms with Gasteiger partial charge in [-0.3, -0.25) is 9.69 Å². The molecule has 2 atom stereocenters. The van der Waals surface area contributed by atoms with E-state index in [2.05, 4.69) is 5.32 Å². The minimum absolute atomic E-state index is 0.0660. The molecule has 4 N–H and O–H groups in total. The Morgan fingerprint density at radius 2 is 1.83 bits per heavy atom. The van der Waals surface area contributed by atoms with Gasteiger partial charge in [-0.15, -0.1) is 0 Å². The summed E-state index contributed by atoms with van der Waals surface area (Å²) < 4.78 is 0. The van der Waals surface area contributed by atoms with Gasteiger partial charge in [0.2, 0.25) is 5.91 Å². The van der Waals surface area contributed by atoms with Crippen LogP contribution in [-0.4, -0.2) is 57.5 Å². The highest BCUT2D eigenvalue weighted by Crippen LogP contribution is 2.19. The fourth-order valence-corrected chi connectivity index (χ4v) is 2.09. The molecule has 1 aromatic rings. The van der Waals surface area contributed by atoms with E-state index in [1.807, 2.05) is 30.3 Å². The Morgan fingerprint density at radius 3 is 2.33 bits per heavy atom. The predicted octanol–water partition coefficient (Wildman–Crippen LogP) is 1.05. The van der Waals surface area contributed by atoms with Gasteiger partial charge in [-0.05, 0) is 12.5 Å². The van der Waals surface area contributed by atoms with Crippen LogP contribution in [0.4, 0.5) is 4.79 Å². The van der Waals surface area contributed by atoms with Crippen molar-refractivity contribution in [3.63, 3.8) is 0 Å². The van der Waals surface area contributed by atoms with E-state index in [1.165, 1.54) is 4.90 Å². The number of aliphatic hydroxyl groups is 2. The molecule has 7 nitrogen and oxygen atoms in total. The van der Waals surface area contributed by atoms with Crippen LogP contribution in [-0.2, 0) is 11.3 Å². The number of hydrogen-bond donors (Lipinski definition) is 4. The molecule has 1 aromatic carbocycles. The number of carbonyl (C=O) groups is 2. The second kappa shape index (κ2) is 8.65. The molecule has 0 aromatic heterocycles. The molecule has 0 spiro atoms. The third kappa shape index (κ3) is 5.50. The second-order valence-electron chi connectivity index (χ2n) is 6.54. The number of carbonyl (C=O) groups excluding carboxylic acids is 1. The summed E-state index contributed by atoms with van der Waals surface area (Å²) in [4.78, 5) is 24.6. The Kier molecular flexibility index (Phi) is 7.18. The molecule has 0 aliphatic heterocycles. The van der Waals surface area contributed by atoms with Crippen LogP contribution < -0.4 is 5.32 Å². The molecule has 24 heavy (non-hydrogen) atoms. The minimum Gasteiger partial charge on any atom is -0.465 e. The number of carboxylic acid groups (broad SMARTS) is 1. The van der Waals surface area contributed by atoms with Crippen LogP contribution in [0.5, 0.6) is 0 Å². The molecule has 0 heterocycles. The number of nitrogens with one attached hydrogen (secondary N) is 1. The van der Waals surface area contributed by atoms with Crippen molar-refractivity contribution in [3.05, 3.63) is 35.9 Å². The average molecular weight is 338 g/mol. The van der Waals surface area contributed by atoms with Gasteiger partial charge in [-0.2, -0.15) is 0 Å². The van der Waals surface area contributed by atoms with E-state index in [9.17, 15) is 24.9 Å². The Morgan fingerprint density at radius 1 is 1.25 bits per heavy atom. The minimum atomic E-state index is -1.37. The fraction of sp³-hybridized carbons (Fsp3) is 0.529. The van der Waals surface area contributed by atoms with E-state index >= 15 is 0 Å². The number of rotatable bonds is 8. The summed E-state index contributed by atoms with van der Waals surface area (Å²) >= 11 is 0. The number of benzene rings is 1. The molecule has 134 valence electrons. The van der Waals surface area contributed by atoms with Crippen molar-refractivity contribution in [1.29, 1.82) is 0 Å². The van der Waals surface area contributed by atoms with Crippen molar-refractivity contribution in [3.8, 4) is 0 Å². The summed E-state index contributed by atoms with van der Waals surface area (Å²) in [5.41, 5.74) is -0.122. The van der Waals surface area contributed by atoms with E-state index in [1.54, 1.807) is 20.8 Å². The molecule has 0 saturated carbocycles. The number of amides is 2. The lowest BCUT2D eigenvalue weighted by atomic mass is 9.87. The summed E-state index contributed by atoms with van der Waals surface area (Å²) in [6.07, 6.45) is -2.46. The predicted molar refractivity (Wildman–Crippen MR) is 89.4 cm³/mol. The van der Waals surface area contributed by atoms with Crippen LogP contribution in [0, 0.1) is 5.41 Å². The van der Waals surface area contributed by atoms with Gasteiger partial charge in [0, 0.05) is 24.5 Å². The summed E-state index contributed by atoms with van der Waals surface area (Å²) in [5.74, 6) is -0.633. The number of nitrogens with zero attached hydrogens (tertiary/aromatic N) is 1. The smallest absolute Gasteiger partial charge is 0.407 e. The van der Waals surface area contributed by atoms with Crippen molar-refractivity contribution in [2.24, 2.45) is 5.41 Å². The van der Waals surface area contributed by atoms with Gasteiger partial charge in [0.1, 0.15) is 6.10 Å². The van der Waals surface area contributed by atoms with Crippen LogP contribution in [0.2, 0.25) is 0 Å². The SMILES string of the molecule is C[C@@H](CNC(=O)[C@H](O)C(C)(C)CO)N(Cc1ccccc1)C(=O)O. The van der Waals surface area contributed by atoms with Gasteiger partial charge in [0.15, 0.2) is 0 Å². The van der Waals surface area contributed by atoms with Crippen LogP contribution in [0.25, 0.3) is 0 Å². The first-order valence-electron chi connectivity index (χ1n) is 7.79. The van der Waals surface area contributed by atoms with E-state index in [-0.39, 0.29) is 19.7 Å². The van der Waals surface area contributed by atoms with Gasteiger partial charge in [0.05, 0.1) is 6.61 Å². The largest absolute Gasteiger partial charge is 0.465 e. The maximum absolute atomic E-state index is 12.0. The normalized spacial score (nSPS) is 13.9. The number of aliphatic hydroxyl groups excluding tert-OH is 2. The van der Waals surface area contributed by atoms with Gasteiger partial charge in [0.25, 0.3) is 0 Å². The monoisotopic (exact) mass is 338 g/mol. The van der Waals surface area contributed by atoms with Crippen LogP contribution in [0.3, 0.4) is 0 Å². The van der Waals surface area contributed by atoms with E-state index in [0.29, 0.717) is 0 Å². The van der Waals surface area contributed by atoms with Crippen LogP contribution in [0.15, 0.2) is 30.3 Å². The highest BCUT2D eigenvalue weighted by Gasteiger charge is 2.33. The molecule has 1 rings (SSSR count). The molecule has 0 saturated heterocycles. The average Bonchev–Trinajstić information content (AvgIpc) is 2.57. The van der Waals surface area contributed by atoms with Crippen molar-refractivity contribution in [1.82, 2.24) is 10.2 Å². The zero-order chi connectivity index (χ0) is 18.3. The standard InChI is InChI=1S/C17H26N2O5/c1-12(9-18-15(22)14(21)17(2,3)11-20)19(16(23)24)10-13-7-5-4-6-8-13/h4-8,12,14,20-21H,9-11H2,1-3H3,(H,18,22)(H,23,24)/t12-,14-/m0/s1. The lowest BCUT2D eigenvalue weighted by Crippen LogP contribution is -2.50. The molecule has 0 unspecified atom stereocenters. The first kappa shape index (κ1) is 19.9. The van der Waals surface area contributed by atoms with Crippen LogP contribution >= 0.6 is 0 Å². The van der Waals surface area contributed by atoms with E-state index in [0.717, 1.165) is 5.56 Å². The Labute approximate surface area is 141 Å². The Hall–Kier alpha value is -2.12. The van der Waals surface area contributed by atoms with Crippen LogP contribution in [0.1, 0.15) is 26.3 Å². The first-order valence-corrected chi connectivity index (χ1v) is 7.79. The van der Waals surface area contributed by atoms with Crippen molar-refractivity contribution in [2.75, 3.05) is 13.2 Å². The molecule has 0 radical (unpaired) electrons. The quantitative estimate of drug-likeness (QED) is 0.566. The van der Waals surface area contributed by atoms with E-state index < -0.39 is 29.6 Å². The molecule has 7 heteroatoms. The fourth-order valence-electron chi connectivity index (χ4n) is 2.09. The molecule has 0 fully saturated rings. The van der Waals surface area contributed by atoms with Crippen molar-refractivity contribution in [2.45, 2.75) is 39.5 Å².